The summed E-state index contributed by atoms with van der Waals surface area (Å²) in [4.78, 5) is 23.2. The van der Waals surface area contributed by atoms with Crippen LogP contribution in [0.1, 0.15) is 5.69 Å². The second kappa shape index (κ2) is 5.59. The Kier molecular flexibility index (Phi) is 3.88. The van der Waals surface area contributed by atoms with Crippen LogP contribution in [0.15, 0.2) is 34.4 Å². The van der Waals surface area contributed by atoms with Gasteiger partial charge in [0.1, 0.15) is 5.69 Å². The minimum Gasteiger partial charge on any atom is -0.292 e. The molecule has 0 aliphatic rings. The molecule has 2 heterocycles. The van der Waals surface area contributed by atoms with E-state index in [1.54, 1.807) is 24.5 Å². The minimum absolute atomic E-state index is 0.124. The number of hydrogen-bond acceptors (Lipinski definition) is 8. The van der Waals surface area contributed by atoms with Gasteiger partial charge in [-0.2, -0.15) is 4.98 Å². The molecule has 0 aromatic carbocycles. The van der Waals surface area contributed by atoms with E-state index in [9.17, 15) is 10.1 Å². The Hall–Kier alpha value is -2.26. The molecule has 2 aromatic rings. The average Bonchev–Trinajstić information content (AvgIpc) is 2.38. The second-order valence-electron chi connectivity index (χ2n) is 3.47. The zero-order chi connectivity index (χ0) is 13.8. The van der Waals surface area contributed by atoms with Crippen LogP contribution in [0.4, 0.5) is 11.6 Å². The Morgan fingerprint density at radius 1 is 1.37 bits per heavy atom. The van der Waals surface area contributed by atoms with Gasteiger partial charge in [-0.25, -0.2) is 10.8 Å². The molecule has 2 rings (SSSR count). The maximum absolute atomic E-state index is 11.1. The number of hydrazine groups is 1. The molecule has 3 N–H and O–H groups in total. The number of pyridine rings is 1. The fraction of sp³-hybridized carbons (Fsp3) is 0.100. The van der Waals surface area contributed by atoms with E-state index in [0.717, 1.165) is 16.7 Å². The highest BCUT2D eigenvalue weighted by molar-refractivity contribution is 7.99. The molecule has 0 amide bonds. The van der Waals surface area contributed by atoms with Crippen molar-refractivity contribution in [3.05, 3.63) is 40.3 Å². The third kappa shape index (κ3) is 2.95. The number of hydrogen-bond donors (Lipinski definition) is 2. The van der Waals surface area contributed by atoms with Crippen LogP contribution in [-0.4, -0.2) is 19.9 Å². The van der Waals surface area contributed by atoms with Gasteiger partial charge in [-0.05, 0) is 19.1 Å². The fourth-order valence-corrected chi connectivity index (χ4v) is 2.34. The Morgan fingerprint density at radius 2 is 2.05 bits per heavy atom. The van der Waals surface area contributed by atoms with E-state index in [1.165, 1.54) is 6.92 Å². The van der Waals surface area contributed by atoms with Crippen LogP contribution in [0.3, 0.4) is 0 Å². The molecule has 0 aliphatic heterocycles. The van der Waals surface area contributed by atoms with Crippen molar-refractivity contribution >= 4 is 23.4 Å². The van der Waals surface area contributed by atoms with Crippen molar-refractivity contribution in [1.29, 1.82) is 0 Å². The number of nitrogen functional groups attached to an aromatic ring is 1. The van der Waals surface area contributed by atoms with Crippen LogP contribution < -0.4 is 11.3 Å². The predicted molar refractivity (Wildman–Crippen MR) is 69.6 cm³/mol. The maximum atomic E-state index is 11.1. The van der Waals surface area contributed by atoms with Crippen molar-refractivity contribution in [2.24, 2.45) is 5.84 Å². The van der Waals surface area contributed by atoms with Crippen molar-refractivity contribution in [1.82, 2.24) is 15.0 Å². The summed E-state index contributed by atoms with van der Waals surface area (Å²) >= 11 is 1.16. The molecule has 0 unspecified atom stereocenters. The number of nitrogens with zero attached hydrogens (tertiary/aromatic N) is 4. The number of anilines is 1. The first kappa shape index (κ1) is 13.2. The van der Waals surface area contributed by atoms with Gasteiger partial charge in [0.25, 0.3) is 0 Å². The lowest BCUT2D eigenvalue weighted by molar-refractivity contribution is -0.389. The smallest absolute Gasteiger partial charge is 0.292 e. The molecule has 19 heavy (non-hydrogen) atoms. The van der Waals surface area contributed by atoms with Gasteiger partial charge in [0.15, 0.2) is 5.03 Å². The number of nitrogens with one attached hydrogen (secondary N) is 1. The Morgan fingerprint density at radius 3 is 2.63 bits per heavy atom. The molecule has 0 saturated carbocycles. The van der Waals surface area contributed by atoms with Gasteiger partial charge in [-0.1, -0.05) is 11.8 Å². The standard InChI is InChI=1S/C10H10N6O2S/c1-6-8(16(17)18)9(14-10(13-6)15-11)19-7-2-4-12-5-3-7/h2-5H,11H2,1H3,(H,13,14,15). The van der Waals surface area contributed by atoms with Crippen LogP contribution in [0, 0.1) is 17.0 Å². The summed E-state index contributed by atoms with van der Waals surface area (Å²) in [6, 6.07) is 3.47. The van der Waals surface area contributed by atoms with E-state index in [1.807, 2.05) is 0 Å². The van der Waals surface area contributed by atoms with E-state index in [0.29, 0.717) is 0 Å². The van der Waals surface area contributed by atoms with Gasteiger partial charge < -0.3 is 0 Å². The Labute approximate surface area is 112 Å². The Balaban J connectivity index is 2.48. The molecule has 0 atom stereocenters. The SMILES string of the molecule is Cc1nc(NN)nc(Sc2ccncc2)c1[N+](=O)[O-]. The second-order valence-corrected chi connectivity index (χ2v) is 4.54. The van der Waals surface area contributed by atoms with E-state index in [-0.39, 0.29) is 22.4 Å². The van der Waals surface area contributed by atoms with Crippen LogP contribution in [0.5, 0.6) is 0 Å². The monoisotopic (exact) mass is 278 g/mol. The first-order valence-electron chi connectivity index (χ1n) is 5.19. The molecule has 0 bridgehead atoms. The van der Waals surface area contributed by atoms with Gasteiger partial charge in [-0.3, -0.25) is 20.5 Å². The molecule has 0 saturated heterocycles. The molecular formula is C10H10N6O2S. The van der Waals surface area contributed by atoms with E-state index < -0.39 is 4.92 Å². The lowest BCUT2D eigenvalue weighted by atomic mass is 10.4. The first-order chi connectivity index (χ1) is 9.11. The first-order valence-corrected chi connectivity index (χ1v) is 6.01. The maximum Gasteiger partial charge on any atom is 0.322 e. The third-order valence-electron chi connectivity index (χ3n) is 2.20. The van der Waals surface area contributed by atoms with Crippen molar-refractivity contribution in [3.63, 3.8) is 0 Å². The fourth-order valence-electron chi connectivity index (χ4n) is 1.40. The number of aromatic nitrogens is 3. The number of nitro groups is 1. The molecule has 0 spiro atoms. The highest BCUT2D eigenvalue weighted by Gasteiger charge is 2.22. The number of rotatable bonds is 4. The quantitative estimate of drug-likeness (QED) is 0.374. The van der Waals surface area contributed by atoms with Crippen LogP contribution in [-0.2, 0) is 0 Å². The topological polar surface area (TPSA) is 120 Å². The van der Waals surface area contributed by atoms with E-state index >= 15 is 0 Å². The van der Waals surface area contributed by atoms with Gasteiger partial charge in [0.05, 0.1) is 4.92 Å². The normalized spacial score (nSPS) is 10.2. The summed E-state index contributed by atoms with van der Waals surface area (Å²) in [5, 5.41) is 11.3. The van der Waals surface area contributed by atoms with E-state index in [4.69, 9.17) is 5.84 Å². The number of nitrogens with two attached hydrogens (primary N) is 1. The lowest BCUT2D eigenvalue weighted by Crippen LogP contribution is -2.12. The summed E-state index contributed by atoms with van der Waals surface area (Å²) in [5.74, 6) is 5.38. The van der Waals surface area contributed by atoms with Crippen molar-refractivity contribution in [3.8, 4) is 0 Å². The summed E-state index contributed by atoms with van der Waals surface area (Å²) in [6.45, 7) is 1.54. The zero-order valence-corrected chi connectivity index (χ0v) is 10.7. The van der Waals surface area contributed by atoms with Crippen molar-refractivity contribution in [2.45, 2.75) is 16.8 Å². The van der Waals surface area contributed by atoms with Gasteiger partial charge in [0, 0.05) is 17.3 Å². The molecular weight excluding hydrogens is 268 g/mol. The van der Waals surface area contributed by atoms with E-state index in [2.05, 4.69) is 20.4 Å². The number of aryl methyl sites for hydroxylation is 1. The average molecular weight is 278 g/mol. The molecule has 9 heteroatoms. The molecule has 8 nitrogen and oxygen atoms in total. The van der Waals surface area contributed by atoms with Gasteiger partial charge in [0.2, 0.25) is 5.95 Å². The lowest BCUT2D eigenvalue weighted by Gasteiger charge is -2.06. The summed E-state index contributed by atoms with van der Waals surface area (Å²) in [6.07, 6.45) is 3.20. The van der Waals surface area contributed by atoms with Gasteiger partial charge in [-0.15, -0.1) is 0 Å². The highest BCUT2D eigenvalue weighted by atomic mass is 32.2. The molecule has 98 valence electrons. The third-order valence-corrected chi connectivity index (χ3v) is 3.19. The predicted octanol–water partition coefficient (Wildman–Crippen LogP) is 1.53. The largest absolute Gasteiger partial charge is 0.322 e. The van der Waals surface area contributed by atoms with Crippen LogP contribution >= 0.6 is 11.8 Å². The molecule has 2 aromatic heterocycles. The van der Waals surface area contributed by atoms with Crippen LogP contribution in [0.25, 0.3) is 0 Å². The molecule has 0 aliphatic carbocycles. The zero-order valence-electron chi connectivity index (χ0n) is 9.90. The van der Waals surface area contributed by atoms with Gasteiger partial charge >= 0.3 is 5.69 Å². The summed E-state index contributed by atoms with van der Waals surface area (Å²) < 4.78 is 0. The summed E-state index contributed by atoms with van der Waals surface area (Å²) in [5.41, 5.74) is 2.42. The van der Waals surface area contributed by atoms with Crippen molar-refractivity contribution in [2.75, 3.05) is 5.43 Å². The Bertz CT molecular complexity index is 606. The van der Waals surface area contributed by atoms with Crippen molar-refractivity contribution < 1.29 is 4.92 Å². The highest BCUT2D eigenvalue weighted by Crippen LogP contribution is 2.34. The van der Waals surface area contributed by atoms with Crippen LogP contribution in [0.2, 0.25) is 0 Å². The molecule has 0 fully saturated rings. The minimum atomic E-state index is -0.501. The molecule has 0 radical (unpaired) electrons. The summed E-state index contributed by atoms with van der Waals surface area (Å²) in [7, 11) is 0.